The highest BCUT2D eigenvalue weighted by Gasteiger charge is 2.32. The van der Waals surface area contributed by atoms with Crippen LogP contribution in [0.4, 0.5) is 0 Å². The molecule has 1 N–H and O–H groups in total. The fourth-order valence-corrected chi connectivity index (χ4v) is 8.11. The van der Waals surface area contributed by atoms with Gasteiger partial charge in [-0.2, -0.15) is 0 Å². The first-order chi connectivity index (χ1) is 16.1. The molecule has 0 aliphatic carbocycles. The van der Waals surface area contributed by atoms with E-state index in [9.17, 15) is 9.59 Å². The molecule has 0 spiro atoms. The van der Waals surface area contributed by atoms with Gasteiger partial charge in [-0.1, -0.05) is 96.7 Å². The van der Waals surface area contributed by atoms with Gasteiger partial charge >= 0.3 is 0 Å². The molecule has 190 valence electrons. The Balaban J connectivity index is 1.92. The van der Waals surface area contributed by atoms with Crippen molar-refractivity contribution in [1.82, 2.24) is 5.32 Å². The van der Waals surface area contributed by atoms with E-state index in [1.165, 1.54) is 99.7 Å². The predicted octanol–water partition coefficient (Wildman–Crippen LogP) is 7.31. The van der Waals surface area contributed by atoms with Crippen molar-refractivity contribution in [2.75, 3.05) is 6.54 Å². The van der Waals surface area contributed by atoms with E-state index in [2.05, 4.69) is 32.2 Å². The number of unbranched alkanes of at least 4 members (excludes halogenated alkanes) is 11. The molecule has 1 amide bonds. The molecule has 1 aromatic heterocycles. The molecule has 0 aliphatic heterocycles. The van der Waals surface area contributed by atoms with E-state index in [1.54, 1.807) is 0 Å². The Morgan fingerprint density at radius 3 is 1.94 bits per heavy atom. The summed E-state index contributed by atoms with van der Waals surface area (Å²) in [6.07, 6.45) is 20.0. The highest BCUT2D eigenvalue weighted by Crippen LogP contribution is 2.22. The van der Waals surface area contributed by atoms with Crippen molar-refractivity contribution in [3.63, 3.8) is 0 Å². The highest BCUT2D eigenvalue weighted by molar-refractivity contribution is 6.90. The van der Waals surface area contributed by atoms with Gasteiger partial charge in [-0.05, 0) is 37.3 Å². The molecule has 1 heterocycles. The summed E-state index contributed by atoms with van der Waals surface area (Å²) in [6.45, 7) is 7.79. The molecular formula is C28H51NO3Si. The zero-order valence-corrected chi connectivity index (χ0v) is 22.9. The Morgan fingerprint density at radius 2 is 1.39 bits per heavy atom. The molecule has 33 heavy (non-hydrogen) atoms. The van der Waals surface area contributed by atoms with Crippen LogP contribution >= 0.6 is 0 Å². The molecule has 0 bridgehead atoms. The fraction of sp³-hybridized carbons (Fsp3) is 0.786. The second-order valence-electron chi connectivity index (χ2n) is 9.71. The lowest BCUT2D eigenvalue weighted by atomic mass is 10.0. The molecule has 0 aliphatic rings. The van der Waals surface area contributed by atoms with Crippen molar-refractivity contribution in [3.8, 4) is 0 Å². The van der Waals surface area contributed by atoms with Gasteiger partial charge in [0, 0.05) is 19.4 Å². The molecule has 1 aromatic rings. The third kappa shape index (κ3) is 12.6. The number of aryl methyl sites for hydroxylation is 1. The fourth-order valence-electron chi connectivity index (χ4n) is 4.76. The quantitative estimate of drug-likeness (QED) is 0.108. The summed E-state index contributed by atoms with van der Waals surface area (Å²) in [7, 11) is -1.36. The van der Waals surface area contributed by atoms with Crippen LogP contribution in [0.3, 0.4) is 0 Å². The van der Waals surface area contributed by atoms with Gasteiger partial charge in [0.15, 0.2) is 0 Å². The molecular weight excluding hydrogens is 426 g/mol. The standard InChI is InChI=1S/C28H51NO3Si/c1-4-33(5-2,6-3)28-24-26(25-32-28)20-16-14-12-10-8-7-9-11-13-15-18-22-29-27(31)21-17-19-23-30/h23-25H,4-22H2,1-3H3,(H,29,31). The second-order valence-corrected chi connectivity index (χ2v) is 14.9. The summed E-state index contributed by atoms with van der Waals surface area (Å²) in [5.74, 6) is 0.0829. The zero-order chi connectivity index (χ0) is 24.2. The van der Waals surface area contributed by atoms with E-state index in [4.69, 9.17) is 4.42 Å². The third-order valence-corrected chi connectivity index (χ3v) is 12.8. The maximum atomic E-state index is 11.5. The Labute approximate surface area is 204 Å². The van der Waals surface area contributed by atoms with Crippen LogP contribution in [0.2, 0.25) is 18.1 Å². The zero-order valence-electron chi connectivity index (χ0n) is 21.9. The first-order valence-electron chi connectivity index (χ1n) is 13.9. The van der Waals surface area contributed by atoms with E-state index < -0.39 is 8.07 Å². The van der Waals surface area contributed by atoms with Crippen molar-refractivity contribution in [3.05, 3.63) is 17.9 Å². The monoisotopic (exact) mass is 477 g/mol. The normalized spacial score (nSPS) is 11.6. The summed E-state index contributed by atoms with van der Waals surface area (Å²) in [6, 6.07) is 6.24. The number of nitrogens with one attached hydrogen (secondary N) is 1. The van der Waals surface area contributed by atoms with Gasteiger partial charge in [0.1, 0.15) is 14.4 Å². The van der Waals surface area contributed by atoms with Crippen LogP contribution in [-0.2, 0) is 16.0 Å². The van der Waals surface area contributed by atoms with Gasteiger partial charge < -0.3 is 14.5 Å². The molecule has 0 fully saturated rings. The maximum absolute atomic E-state index is 11.5. The summed E-state index contributed by atoms with van der Waals surface area (Å²) in [5.41, 5.74) is 1.41. The Bertz CT molecular complexity index is 616. The summed E-state index contributed by atoms with van der Waals surface area (Å²) in [4.78, 5) is 21.8. The minimum Gasteiger partial charge on any atom is -0.474 e. The summed E-state index contributed by atoms with van der Waals surface area (Å²) >= 11 is 0. The lowest BCUT2D eigenvalue weighted by molar-refractivity contribution is -0.121. The Hall–Kier alpha value is -1.36. The van der Waals surface area contributed by atoms with Gasteiger partial charge in [0.25, 0.3) is 0 Å². The number of carbonyl (C=O) groups is 2. The first-order valence-corrected chi connectivity index (χ1v) is 16.5. The average Bonchev–Trinajstić information content (AvgIpc) is 3.30. The van der Waals surface area contributed by atoms with Crippen molar-refractivity contribution >= 4 is 25.7 Å². The predicted molar refractivity (Wildman–Crippen MR) is 143 cm³/mol. The van der Waals surface area contributed by atoms with E-state index in [1.807, 2.05) is 6.26 Å². The van der Waals surface area contributed by atoms with Gasteiger partial charge in [-0.25, -0.2) is 0 Å². The lowest BCUT2D eigenvalue weighted by Crippen LogP contribution is -2.44. The van der Waals surface area contributed by atoms with Gasteiger partial charge in [0.2, 0.25) is 5.91 Å². The molecule has 0 unspecified atom stereocenters. The average molecular weight is 478 g/mol. The molecule has 0 radical (unpaired) electrons. The van der Waals surface area contributed by atoms with E-state index in [0.717, 1.165) is 19.3 Å². The molecule has 5 heteroatoms. The molecule has 0 aromatic carbocycles. The SMILES string of the molecule is CC[Si](CC)(CC)c1cc(CCCCCCCCCCCCCNC(=O)CCCC=O)co1. The molecule has 0 atom stereocenters. The minimum absolute atomic E-state index is 0.0829. The molecule has 0 saturated carbocycles. The van der Waals surface area contributed by atoms with Crippen LogP contribution in [-0.4, -0.2) is 26.8 Å². The van der Waals surface area contributed by atoms with Crippen LogP contribution in [0.5, 0.6) is 0 Å². The Kier molecular flexibility index (Phi) is 17.1. The number of aldehydes is 1. The van der Waals surface area contributed by atoms with Crippen molar-refractivity contribution in [2.45, 2.75) is 135 Å². The number of furan rings is 1. The molecule has 4 nitrogen and oxygen atoms in total. The van der Waals surface area contributed by atoms with Gasteiger partial charge in [-0.3, -0.25) is 4.79 Å². The van der Waals surface area contributed by atoms with Crippen molar-refractivity contribution in [1.29, 1.82) is 0 Å². The van der Waals surface area contributed by atoms with Crippen LogP contribution in [0.25, 0.3) is 0 Å². The number of amides is 1. The minimum atomic E-state index is -1.36. The van der Waals surface area contributed by atoms with Crippen LogP contribution in [0.1, 0.15) is 116 Å². The number of hydrogen-bond acceptors (Lipinski definition) is 3. The van der Waals surface area contributed by atoms with E-state index in [-0.39, 0.29) is 5.91 Å². The largest absolute Gasteiger partial charge is 0.474 e. The van der Waals surface area contributed by atoms with Crippen LogP contribution in [0.15, 0.2) is 16.7 Å². The van der Waals surface area contributed by atoms with Crippen molar-refractivity contribution in [2.24, 2.45) is 0 Å². The van der Waals surface area contributed by atoms with E-state index in [0.29, 0.717) is 19.3 Å². The van der Waals surface area contributed by atoms with Crippen LogP contribution in [0, 0.1) is 0 Å². The number of hydrogen-bond donors (Lipinski definition) is 1. The molecule has 1 rings (SSSR count). The number of carbonyl (C=O) groups excluding carboxylic acids is 2. The lowest BCUT2D eigenvalue weighted by Gasteiger charge is -2.24. The van der Waals surface area contributed by atoms with E-state index >= 15 is 0 Å². The second kappa shape index (κ2) is 19.0. The first kappa shape index (κ1) is 29.7. The third-order valence-electron chi connectivity index (χ3n) is 7.40. The Morgan fingerprint density at radius 1 is 0.848 bits per heavy atom. The topological polar surface area (TPSA) is 59.3 Å². The molecule has 0 saturated heterocycles. The highest BCUT2D eigenvalue weighted by atomic mass is 28.3. The summed E-state index contributed by atoms with van der Waals surface area (Å²) in [5, 5.41) is 4.28. The summed E-state index contributed by atoms with van der Waals surface area (Å²) < 4.78 is 6.03. The van der Waals surface area contributed by atoms with Gasteiger partial charge in [-0.15, -0.1) is 0 Å². The smallest absolute Gasteiger partial charge is 0.220 e. The van der Waals surface area contributed by atoms with Crippen molar-refractivity contribution < 1.29 is 14.0 Å². The maximum Gasteiger partial charge on any atom is 0.220 e. The van der Waals surface area contributed by atoms with Gasteiger partial charge in [0.05, 0.1) is 11.6 Å². The number of rotatable bonds is 22. The van der Waals surface area contributed by atoms with Crippen LogP contribution < -0.4 is 10.7 Å².